The third-order valence-electron chi connectivity index (χ3n) is 3.16. The Morgan fingerprint density at radius 3 is 2.11 bits per heavy atom. The SMILES string of the molecule is C=Cc1cccc2c1C(=C)c1ccccc1-2.CC. The van der Waals surface area contributed by atoms with E-state index in [1.165, 1.54) is 27.8 Å². The highest BCUT2D eigenvalue weighted by atomic mass is 14.3. The van der Waals surface area contributed by atoms with Gasteiger partial charge in [-0.05, 0) is 33.4 Å². The lowest BCUT2D eigenvalue weighted by atomic mass is 9.99. The molecule has 2 aromatic carbocycles. The van der Waals surface area contributed by atoms with Crippen molar-refractivity contribution in [3.8, 4) is 11.1 Å². The fourth-order valence-corrected chi connectivity index (χ4v) is 2.42. The molecular weight excluding hydrogens is 216 g/mol. The molecule has 3 rings (SSSR count). The van der Waals surface area contributed by atoms with Gasteiger partial charge >= 0.3 is 0 Å². The average Bonchev–Trinajstić information content (AvgIpc) is 2.75. The van der Waals surface area contributed by atoms with E-state index in [0.29, 0.717) is 0 Å². The lowest BCUT2D eigenvalue weighted by molar-refractivity contribution is 1.50. The first-order chi connectivity index (χ1) is 8.83. The zero-order valence-corrected chi connectivity index (χ0v) is 11.0. The topological polar surface area (TPSA) is 0 Å². The van der Waals surface area contributed by atoms with Crippen LogP contribution < -0.4 is 0 Å². The summed E-state index contributed by atoms with van der Waals surface area (Å²) in [7, 11) is 0. The minimum Gasteiger partial charge on any atom is -0.0984 e. The van der Waals surface area contributed by atoms with Crippen LogP contribution >= 0.6 is 0 Å². The summed E-state index contributed by atoms with van der Waals surface area (Å²) < 4.78 is 0. The first-order valence-corrected chi connectivity index (χ1v) is 6.37. The van der Waals surface area contributed by atoms with Crippen LogP contribution in [0.2, 0.25) is 0 Å². The van der Waals surface area contributed by atoms with E-state index in [9.17, 15) is 0 Å². The van der Waals surface area contributed by atoms with Crippen molar-refractivity contribution in [1.82, 2.24) is 0 Å². The standard InChI is InChI=1S/C16H12.C2H6/c1-3-12-7-6-10-15-14-9-5-4-8-13(14)11(2)16(12)15;1-2/h3-10H,1-2H2;1-2H3. The van der Waals surface area contributed by atoms with Gasteiger partial charge in [-0.15, -0.1) is 0 Å². The fraction of sp³-hybridized carbons (Fsp3) is 0.111. The number of rotatable bonds is 1. The number of benzene rings is 2. The predicted octanol–water partition coefficient (Wildman–Crippen LogP) is 5.40. The maximum Gasteiger partial charge on any atom is -0.00325 e. The van der Waals surface area contributed by atoms with Crippen LogP contribution in [0.4, 0.5) is 0 Å². The van der Waals surface area contributed by atoms with Crippen molar-refractivity contribution in [2.75, 3.05) is 0 Å². The van der Waals surface area contributed by atoms with Crippen LogP contribution in [-0.2, 0) is 0 Å². The Bertz CT molecular complexity index is 603. The second-order valence-corrected chi connectivity index (χ2v) is 4.00. The Balaban J connectivity index is 0.000000574. The van der Waals surface area contributed by atoms with Crippen LogP contribution in [0.25, 0.3) is 22.8 Å². The zero-order valence-electron chi connectivity index (χ0n) is 11.0. The molecule has 90 valence electrons. The minimum atomic E-state index is 1.11. The monoisotopic (exact) mass is 234 g/mol. The van der Waals surface area contributed by atoms with Crippen LogP contribution in [0.15, 0.2) is 55.6 Å². The molecule has 2 aromatic rings. The number of hydrogen-bond donors (Lipinski definition) is 0. The molecule has 0 spiro atoms. The lowest BCUT2D eigenvalue weighted by Gasteiger charge is -2.04. The average molecular weight is 234 g/mol. The van der Waals surface area contributed by atoms with Crippen molar-refractivity contribution in [2.24, 2.45) is 0 Å². The number of hydrogen-bond acceptors (Lipinski definition) is 0. The van der Waals surface area contributed by atoms with Gasteiger partial charge in [-0.3, -0.25) is 0 Å². The second kappa shape index (κ2) is 5.05. The molecule has 0 atom stereocenters. The van der Waals surface area contributed by atoms with E-state index in [1.807, 2.05) is 19.9 Å². The molecule has 0 N–H and O–H groups in total. The van der Waals surface area contributed by atoms with E-state index in [-0.39, 0.29) is 0 Å². The molecule has 0 amide bonds. The van der Waals surface area contributed by atoms with E-state index in [0.717, 1.165) is 5.57 Å². The van der Waals surface area contributed by atoms with Gasteiger partial charge in [-0.1, -0.05) is 75.5 Å². The van der Waals surface area contributed by atoms with Gasteiger partial charge in [0, 0.05) is 0 Å². The molecule has 0 bridgehead atoms. The Morgan fingerprint density at radius 1 is 0.833 bits per heavy atom. The summed E-state index contributed by atoms with van der Waals surface area (Å²) in [4.78, 5) is 0. The van der Waals surface area contributed by atoms with Gasteiger partial charge in [0.2, 0.25) is 0 Å². The van der Waals surface area contributed by atoms with E-state index in [1.54, 1.807) is 0 Å². The minimum absolute atomic E-state index is 1.11. The molecule has 0 unspecified atom stereocenters. The third kappa shape index (κ3) is 1.70. The van der Waals surface area contributed by atoms with Gasteiger partial charge in [0.05, 0.1) is 0 Å². The fourth-order valence-electron chi connectivity index (χ4n) is 2.42. The molecule has 0 saturated heterocycles. The van der Waals surface area contributed by atoms with Gasteiger partial charge < -0.3 is 0 Å². The van der Waals surface area contributed by atoms with Crippen molar-refractivity contribution in [2.45, 2.75) is 13.8 Å². The van der Waals surface area contributed by atoms with Gasteiger partial charge in [-0.25, -0.2) is 0 Å². The molecule has 0 heteroatoms. The van der Waals surface area contributed by atoms with E-state index < -0.39 is 0 Å². The molecule has 0 radical (unpaired) electrons. The lowest BCUT2D eigenvalue weighted by Crippen LogP contribution is -1.83. The van der Waals surface area contributed by atoms with Crippen molar-refractivity contribution in [3.05, 3.63) is 72.3 Å². The van der Waals surface area contributed by atoms with Crippen LogP contribution in [-0.4, -0.2) is 0 Å². The summed E-state index contributed by atoms with van der Waals surface area (Å²) >= 11 is 0. The van der Waals surface area contributed by atoms with Crippen molar-refractivity contribution < 1.29 is 0 Å². The van der Waals surface area contributed by atoms with Crippen LogP contribution in [0.3, 0.4) is 0 Å². The molecule has 0 fully saturated rings. The quantitative estimate of drug-likeness (QED) is 0.529. The largest absolute Gasteiger partial charge is 0.0984 e. The molecule has 1 aliphatic rings. The molecular formula is C18H18. The maximum atomic E-state index is 4.20. The Kier molecular flexibility index (Phi) is 3.47. The van der Waals surface area contributed by atoms with Crippen LogP contribution in [0.5, 0.6) is 0 Å². The summed E-state index contributed by atoms with van der Waals surface area (Å²) in [6, 6.07) is 14.7. The van der Waals surface area contributed by atoms with Gasteiger partial charge in [-0.2, -0.15) is 0 Å². The maximum absolute atomic E-state index is 4.20. The highest BCUT2D eigenvalue weighted by Crippen LogP contribution is 2.44. The molecule has 0 heterocycles. The highest BCUT2D eigenvalue weighted by Gasteiger charge is 2.22. The zero-order chi connectivity index (χ0) is 13.1. The second-order valence-electron chi connectivity index (χ2n) is 4.00. The first-order valence-electron chi connectivity index (χ1n) is 6.37. The molecule has 1 aliphatic carbocycles. The van der Waals surface area contributed by atoms with E-state index >= 15 is 0 Å². The summed E-state index contributed by atoms with van der Waals surface area (Å²) in [6.07, 6.45) is 1.90. The summed E-state index contributed by atoms with van der Waals surface area (Å²) in [6.45, 7) is 12.1. The normalized spacial score (nSPS) is 11.1. The molecule has 0 nitrogen and oxygen atoms in total. The Labute approximate surface area is 109 Å². The summed E-state index contributed by atoms with van der Waals surface area (Å²) in [5.41, 5.74) is 7.31. The van der Waals surface area contributed by atoms with Gasteiger partial charge in [0.1, 0.15) is 0 Å². The first kappa shape index (κ1) is 12.4. The highest BCUT2D eigenvalue weighted by molar-refractivity contribution is 6.02. The van der Waals surface area contributed by atoms with Gasteiger partial charge in [0.15, 0.2) is 0 Å². The van der Waals surface area contributed by atoms with Crippen LogP contribution in [0, 0.1) is 0 Å². The summed E-state index contributed by atoms with van der Waals surface area (Å²) in [5, 5.41) is 0. The van der Waals surface area contributed by atoms with E-state index in [4.69, 9.17) is 0 Å². The predicted molar refractivity (Wildman–Crippen MR) is 81.5 cm³/mol. The Hall–Kier alpha value is -2.08. The molecule has 0 aromatic heterocycles. The van der Waals surface area contributed by atoms with Gasteiger partial charge in [0.25, 0.3) is 0 Å². The Morgan fingerprint density at radius 2 is 1.44 bits per heavy atom. The van der Waals surface area contributed by atoms with Crippen molar-refractivity contribution in [1.29, 1.82) is 0 Å². The summed E-state index contributed by atoms with van der Waals surface area (Å²) in [5.74, 6) is 0. The smallest absolute Gasteiger partial charge is 0.00325 e. The molecule has 18 heavy (non-hydrogen) atoms. The molecule has 0 saturated carbocycles. The van der Waals surface area contributed by atoms with Crippen LogP contribution in [0.1, 0.15) is 30.5 Å². The van der Waals surface area contributed by atoms with E-state index in [2.05, 4.69) is 55.6 Å². The van der Waals surface area contributed by atoms with Crippen molar-refractivity contribution >= 4 is 11.6 Å². The third-order valence-corrected chi connectivity index (χ3v) is 3.16. The van der Waals surface area contributed by atoms with Crippen molar-refractivity contribution in [3.63, 3.8) is 0 Å². The number of fused-ring (bicyclic) bond motifs is 3. The molecule has 0 aliphatic heterocycles.